The Morgan fingerprint density at radius 3 is 2.39 bits per heavy atom. The molecule has 2 heterocycles. The highest BCUT2D eigenvalue weighted by Gasteiger charge is 2.58. The van der Waals surface area contributed by atoms with E-state index in [1.54, 1.807) is 24.3 Å². The van der Waals surface area contributed by atoms with Gasteiger partial charge < -0.3 is 4.90 Å². The maximum absolute atomic E-state index is 12.5. The van der Waals surface area contributed by atoms with Gasteiger partial charge in [-0.25, -0.2) is 0 Å². The van der Waals surface area contributed by atoms with E-state index in [0.717, 1.165) is 25.7 Å². The minimum absolute atomic E-state index is 0.0800. The van der Waals surface area contributed by atoms with Gasteiger partial charge >= 0.3 is 0 Å². The van der Waals surface area contributed by atoms with Crippen LogP contribution in [0.25, 0.3) is 0 Å². The molecule has 23 heavy (non-hydrogen) atoms. The number of hydrogen-bond donors (Lipinski definition) is 0. The molecule has 0 bridgehead atoms. The molecule has 2 fully saturated rings. The topological polar surface area (TPSA) is 57.7 Å². The lowest BCUT2D eigenvalue weighted by atomic mass is 9.63. The van der Waals surface area contributed by atoms with Gasteiger partial charge in [-0.3, -0.25) is 19.3 Å². The van der Waals surface area contributed by atoms with Crippen LogP contribution in [0.3, 0.4) is 0 Å². The van der Waals surface area contributed by atoms with Gasteiger partial charge in [-0.05, 0) is 31.4 Å². The Kier molecular flexibility index (Phi) is 3.08. The second kappa shape index (κ2) is 4.91. The molecule has 4 rings (SSSR count). The van der Waals surface area contributed by atoms with Crippen LogP contribution in [-0.4, -0.2) is 46.7 Å². The van der Waals surface area contributed by atoms with Crippen molar-refractivity contribution < 1.29 is 14.4 Å². The molecule has 120 valence electrons. The summed E-state index contributed by atoms with van der Waals surface area (Å²) in [5.41, 5.74) is 0.839. The number of amides is 3. The Morgan fingerprint density at radius 1 is 1.09 bits per heavy atom. The van der Waals surface area contributed by atoms with Gasteiger partial charge in [0.05, 0.1) is 22.6 Å². The Morgan fingerprint density at radius 2 is 1.74 bits per heavy atom. The number of benzene rings is 1. The minimum atomic E-state index is -0.206. The van der Waals surface area contributed by atoms with Crippen molar-refractivity contribution in [3.63, 3.8) is 0 Å². The molecule has 2 atom stereocenters. The highest BCUT2D eigenvalue weighted by atomic mass is 16.2. The summed E-state index contributed by atoms with van der Waals surface area (Å²) < 4.78 is 0. The lowest BCUT2D eigenvalue weighted by Crippen LogP contribution is -2.70. The van der Waals surface area contributed by atoms with E-state index in [0.29, 0.717) is 24.1 Å². The number of likely N-dealkylation sites (tertiary alicyclic amines) is 1. The molecule has 1 aliphatic carbocycles. The van der Waals surface area contributed by atoms with Crippen LogP contribution in [0.2, 0.25) is 0 Å². The lowest BCUT2D eigenvalue weighted by Gasteiger charge is -2.59. The Labute approximate surface area is 135 Å². The zero-order valence-corrected chi connectivity index (χ0v) is 13.2. The molecule has 5 nitrogen and oxygen atoms in total. The Balaban J connectivity index is 1.53. The zero-order valence-electron chi connectivity index (χ0n) is 13.2. The largest absolute Gasteiger partial charge is 0.339 e. The van der Waals surface area contributed by atoms with Crippen molar-refractivity contribution in [3.8, 4) is 0 Å². The van der Waals surface area contributed by atoms with Crippen molar-refractivity contribution in [3.05, 3.63) is 35.4 Å². The third-order valence-electron chi connectivity index (χ3n) is 5.94. The highest BCUT2D eigenvalue weighted by molar-refractivity contribution is 6.21. The standard InChI is InChI=1S/C18H20N2O3/c1-19-17(23)14-8-4-5-9-18(14,19)10-11-20-15(21)12-6-2-3-7-13(12)16(20)22/h2-3,6-7,14H,4-5,8-11H2,1H3/t14-,18+/m0/s1. The van der Waals surface area contributed by atoms with Crippen LogP contribution >= 0.6 is 0 Å². The molecule has 1 saturated heterocycles. The van der Waals surface area contributed by atoms with Gasteiger partial charge in [-0.1, -0.05) is 25.0 Å². The summed E-state index contributed by atoms with van der Waals surface area (Å²) in [6.45, 7) is 0.389. The molecule has 5 heteroatoms. The van der Waals surface area contributed by atoms with Crippen molar-refractivity contribution in [2.75, 3.05) is 13.6 Å². The third-order valence-corrected chi connectivity index (χ3v) is 5.94. The average Bonchev–Trinajstić information content (AvgIpc) is 2.83. The van der Waals surface area contributed by atoms with Gasteiger partial charge in [0.1, 0.15) is 0 Å². The fraction of sp³-hybridized carbons (Fsp3) is 0.500. The van der Waals surface area contributed by atoms with Crippen LogP contribution < -0.4 is 0 Å². The summed E-state index contributed by atoms with van der Waals surface area (Å²) in [7, 11) is 1.85. The predicted molar refractivity (Wildman–Crippen MR) is 83.9 cm³/mol. The van der Waals surface area contributed by atoms with E-state index < -0.39 is 0 Å². The van der Waals surface area contributed by atoms with Crippen LogP contribution in [0.5, 0.6) is 0 Å². The second-order valence-electron chi connectivity index (χ2n) is 6.86. The van der Waals surface area contributed by atoms with Crippen LogP contribution in [0.1, 0.15) is 52.8 Å². The summed E-state index contributed by atoms with van der Waals surface area (Å²) in [6.07, 6.45) is 4.80. The second-order valence-corrected chi connectivity index (χ2v) is 6.86. The minimum Gasteiger partial charge on any atom is -0.339 e. The normalized spacial score (nSPS) is 29.4. The third kappa shape index (κ3) is 1.82. The number of carbonyl (C=O) groups excluding carboxylic acids is 3. The van der Waals surface area contributed by atoms with Crippen LogP contribution in [0.15, 0.2) is 24.3 Å². The quantitative estimate of drug-likeness (QED) is 0.634. The highest BCUT2D eigenvalue weighted by Crippen LogP contribution is 2.49. The van der Waals surface area contributed by atoms with Gasteiger partial charge in [0.25, 0.3) is 11.8 Å². The van der Waals surface area contributed by atoms with Gasteiger partial charge in [0.2, 0.25) is 5.91 Å². The molecule has 3 amide bonds. The fourth-order valence-electron chi connectivity index (χ4n) is 4.58. The Hall–Kier alpha value is -2.17. The molecular weight excluding hydrogens is 292 g/mol. The van der Waals surface area contributed by atoms with Gasteiger partial charge in [0.15, 0.2) is 0 Å². The maximum Gasteiger partial charge on any atom is 0.261 e. The Bertz CT molecular complexity index is 679. The van der Waals surface area contributed by atoms with Gasteiger partial charge in [-0.2, -0.15) is 0 Å². The molecular formula is C18H20N2O3. The number of imide groups is 1. The molecule has 0 spiro atoms. The van der Waals surface area contributed by atoms with E-state index >= 15 is 0 Å². The van der Waals surface area contributed by atoms with Crippen LogP contribution in [0.4, 0.5) is 0 Å². The average molecular weight is 312 g/mol. The van der Waals surface area contributed by atoms with Crippen molar-refractivity contribution in [2.24, 2.45) is 5.92 Å². The van der Waals surface area contributed by atoms with Crippen molar-refractivity contribution in [1.82, 2.24) is 9.80 Å². The molecule has 1 saturated carbocycles. The zero-order chi connectivity index (χ0) is 16.2. The first-order chi connectivity index (χ1) is 11.1. The molecule has 1 aromatic carbocycles. The lowest BCUT2D eigenvalue weighted by molar-refractivity contribution is -0.174. The van der Waals surface area contributed by atoms with E-state index in [1.165, 1.54) is 4.90 Å². The van der Waals surface area contributed by atoms with Gasteiger partial charge in [-0.15, -0.1) is 0 Å². The van der Waals surface area contributed by atoms with Crippen molar-refractivity contribution in [2.45, 2.75) is 37.6 Å². The van der Waals surface area contributed by atoms with Crippen molar-refractivity contribution in [1.29, 1.82) is 0 Å². The SMILES string of the molecule is CN1C(=O)[C@@H]2CCCC[C@@]21CCN1C(=O)c2ccccc2C1=O. The number of carbonyl (C=O) groups is 3. The molecule has 1 aromatic rings. The monoisotopic (exact) mass is 312 g/mol. The van der Waals surface area contributed by atoms with E-state index in [2.05, 4.69) is 0 Å². The summed E-state index contributed by atoms with van der Waals surface area (Å²) in [4.78, 5) is 40.2. The number of hydrogen-bond acceptors (Lipinski definition) is 3. The van der Waals surface area contributed by atoms with E-state index in [4.69, 9.17) is 0 Å². The number of rotatable bonds is 3. The maximum atomic E-state index is 12.5. The summed E-state index contributed by atoms with van der Waals surface area (Å²) >= 11 is 0. The van der Waals surface area contributed by atoms with Crippen molar-refractivity contribution >= 4 is 17.7 Å². The predicted octanol–water partition coefficient (Wildman–Crippen LogP) is 2.07. The first-order valence-corrected chi connectivity index (χ1v) is 8.29. The number of β-lactam (4-membered cyclic amide) rings is 1. The molecule has 0 N–H and O–H groups in total. The van der Waals surface area contributed by atoms with Crippen LogP contribution in [-0.2, 0) is 4.79 Å². The number of fused-ring (bicyclic) bond motifs is 2. The van der Waals surface area contributed by atoms with E-state index in [9.17, 15) is 14.4 Å². The summed E-state index contributed by atoms with van der Waals surface area (Å²) in [6, 6.07) is 6.97. The first-order valence-electron chi connectivity index (χ1n) is 8.29. The molecule has 0 unspecified atom stereocenters. The summed E-state index contributed by atoms with van der Waals surface area (Å²) in [5.74, 6) is -0.117. The smallest absolute Gasteiger partial charge is 0.261 e. The molecule has 2 aliphatic heterocycles. The molecule has 0 aromatic heterocycles. The molecule has 3 aliphatic rings. The number of nitrogens with zero attached hydrogens (tertiary/aromatic N) is 2. The summed E-state index contributed by atoms with van der Waals surface area (Å²) in [5, 5.41) is 0. The fourth-order valence-corrected chi connectivity index (χ4v) is 4.58. The van der Waals surface area contributed by atoms with E-state index in [-0.39, 0.29) is 29.2 Å². The molecule has 0 radical (unpaired) electrons. The first kappa shape index (κ1) is 14.4. The van der Waals surface area contributed by atoms with Gasteiger partial charge in [0, 0.05) is 13.6 Å². The van der Waals surface area contributed by atoms with Crippen LogP contribution in [0, 0.1) is 5.92 Å². The van der Waals surface area contributed by atoms with E-state index in [1.807, 2.05) is 11.9 Å².